The van der Waals surface area contributed by atoms with Gasteiger partial charge in [0.25, 0.3) is 5.91 Å². The average Bonchev–Trinajstić information content (AvgIpc) is 2.36. The molecule has 18 heavy (non-hydrogen) atoms. The maximum atomic E-state index is 11.6. The van der Waals surface area contributed by atoms with E-state index >= 15 is 0 Å². The summed E-state index contributed by atoms with van der Waals surface area (Å²) in [5.41, 5.74) is 9.07. The van der Waals surface area contributed by atoms with Crippen molar-refractivity contribution in [2.75, 3.05) is 13.7 Å². The smallest absolute Gasteiger partial charge is 0.251 e. The second-order valence-corrected chi connectivity index (χ2v) is 3.05. The number of hydrogen-bond donors (Lipinski definition) is 2. The molecule has 7 nitrogen and oxygen atoms in total. The molecule has 8 heteroatoms. The van der Waals surface area contributed by atoms with Gasteiger partial charge in [0.15, 0.2) is 5.90 Å². The van der Waals surface area contributed by atoms with Crippen LogP contribution in [-0.2, 0) is 4.74 Å². The van der Waals surface area contributed by atoms with E-state index < -0.39 is 0 Å². The Morgan fingerprint density at radius 1 is 1.50 bits per heavy atom. The van der Waals surface area contributed by atoms with Gasteiger partial charge in [0.05, 0.1) is 13.7 Å². The number of halogens is 1. The van der Waals surface area contributed by atoms with Crippen LogP contribution in [0.4, 0.5) is 5.69 Å². The van der Waals surface area contributed by atoms with Gasteiger partial charge < -0.3 is 10.1 Å². The van der Waals surface area contributed by atoms with E-state index in [1.165, 1.54) is 31.4 Å². The first-order valence-corrected chi connectivity index (χ1v) is 4.72. The van der Waals surface area contributed by atoms with Gasteiger partial charge in [-0.2, -0.15) is 0 Å². The number of amides is 1. The Balaban J connectivity index is 0.00000289. The summed E-state index contributed by atoms with van der Waals surface area (Å²) in [5, 5.41) is 13.1. The number of azide groups is 1. The highest BCUT2D eigenvalue weighted by Gasteiger charge is 2.05. The van der Waals surface area contributed by atoms with Crippen LogP contribution in [0, 0.1) is 5.41 Å². The van der Waals surface area contributed by atoms with Gasteiger partial charge in [-0.15, -0.1) is 12.4 Å². The largest absolute Gasteiger partial charge is 0.483 e. The lowest BCUT2D eigenvalue weighted by atomic mass is 10.2. The summed E-state index contributed by atoms with van der Waals surface area (Å²) in [6, 6.07) is 6.15. The van der Waals surface area contributed by atoms with Gasteiger partial charge in [0, 0.05) is 16.2 Å². The first-order valence-electron chi connectivity index (χ1n) is 4.72. The summed E-state index contributed by atoms with van der Waals surface area (Å²) in [6.45, 7) is 0.0352. The van der Waals surface area contributed by atoms with Crippen LogP contribution in [0.1, 0.15) is 10.4 Å². The van der Waals surface area contributed by atoms with Crippen molar-refractivity contribution in [2.24, 2.45) is 5.11 Å². The van der Waals surface area contributed by atoms with Gasteiger partial charge in [0.1, 0.15) is 0 Å². The molecule has 0 saturated carbocycles. The number of ether oxygens (including phenoxy) is 1. The van der Waals surface area contributed by atoms with Crippen LogP contribution in [0.2, 0.25) is 0 Å². The monoisotopic (exact) mass is 269 g/mol. The SMILES string of the molecule is COC(=N)CNC(=O)c1ccc(N=[N+]=[N-])cc1.Cl. The molecular weight excluding hydrogens is 258 g/mol. The van der Waals surface area contributed by atoms with Gasteiger partial charge in [0.2, 0.25) is 0 Å². The normalized spacial score (nSPS) is 8.50. The van der Waals surface area contributed by atoms with E-state index in [-0.39, 0.29) is 30.8 Å². The van der Waals surface area contributed by atoms with Crippen LogP contribution in [0.15, 0.2) is 29.4 Å². The second-order valence-electron chi connectivity index (χ2n) is 3.05. The fourth-order valence-electron chi connectivity index (χ4n) is 1.07. The van der Waals surface area contributed by atoms with Gasteiger partial charge >= 0.3 is 0 Å². The third-order valence-electron chi connectivity index (χ3n) is 1.95. The minimum absolute atomic E-state index is 0. The second kappa shape index (κ2) is 7.94. The molecule has 0 aromatic heterocycles. The molecule has 0 heterocycles. The maximum Gasteiger partial charge on any atom is 0.251 e. The Morgan fingerprint density at radius 2 is 2.11 bits per heavy atom. The Kier molecular flexibility index (Phi) is 6.95. The number of nitrogens with one attached hydrogen (secondary N) is 2. The molecule has 2 N–H and O–H groups in total. The first-order chi connectivity index (χ1) is 8.17. The van der Waals surface area contributed by atoms with Crippen LogP contribution in [0.5, 0.6) is 0 Å². The highest BCUT2D eigenvalue weighted by atomic mass is 35.5. The van der Waals surface area contributed by atoms with Crippen molar-refractivity contribution >= 4 is 29.9 Å². The van der Waals surface area contributed by atoms with Crippen molar-refractivity contribution in [3.8, 4) is 0 Å². The standard InChI is InChI=1S/C10H11N5O2.ClH/c1-17-9(11)6-13-10(16)7-2-4-8(5-3-7)14-15-12;/h2-5,11H,6H2,1H3,(H,13,16);1H. The number of nitrogens with zero attached hydrogens (tertiary/aromatic N) is 3. The lowest BCUT2D eigenvalue weighted by Gasteiger charge is -2.05. The molecule has 0 fully saturated rings. The predicted molar refractivity (Wildman–Crippen MR) is 69.6 cm³/mol. The molecule has 0 unspecified atom stereocenters. The molecule has 1 rings (SSSR count). The van der Waals surface area contributed by atoms with Crippen molar-refractivity contribution in [3.63, 3.8) is 0 Å². The molecule has 0 atom stereocenters. The van der Waals surface area contributed by atoms with E-state index in [0.717, 1.165) is 0 Å². The number of benzene rings is 1. The van der Waals surface area contributed by atoms with Crippen molar-refractivity contribution in [1.29, 1.82) is 5.41 Å². The highest BCUT2D eigenvalue weighted by molar-refractivity contribution is 5.96. The highest BCUT2D eigenvalue weighted by Crippen LogP contribution is 2.12. The van der Waals surface area contributed by atoms with Crippen LogP contribution >= 0.6 is 12.4 Å². The molecular formula is C10H12ClN5O2. The van der Waals surface area contributed by atoms with Crippen molar-refractivity contribution in [2.45, 2.75) is 0 Å². The predicted octanol–water partition coefficient (Wildman–Crippen LogP) is 2.40. The first kappa shape index (κ1) is 15.8. The van der Waals surface area contributed by atoms with Crippen molar-refractivity contribution in [3.05, 3.63) is 40.3 Å². The minimum Gasteiger partial charge on any atom is -0.483 e. The fraction of sp³-hybridized carbons (Fsp3) is 0.200. The Hall–Kier alpha value is -2.24. The molecule has 0 radical (unpaired) electrons. The minimum atomic E-state index is -0.320. The zero-order chi connectivity index (χ0) is 12.7. The van der Waals surface area contributed by atoms with E-state index in [1.54, 1.807) is 0 Å². The molecule has 1 amide bonds. The fourth-order valence-corrected chi connectivity index (χ4v) is 1.07. The average molecular weight is 270 g/mol. The lowest BCUT2D eigenvalue weighted by Crippen LogP contribution is -2.29. The van der Waals surface area contributed by atoms with E-state index in [2.05, 4.69) is 20.1 Å². The summed E-state index contributed by atoms with van der Waals surface area (Å²) >= 11 is 0. The van der Waals surface area contributed by atoms with Crippen LogP contribution < -0.4 is 5.32 Å². The topological polar surface area (TPSA) is 111 Å². The molecule has 0 aliphatic heterocycles. The third kappa shape index (κ3) is 4.73. The van der Waals surface area contributed by atoms with Crippen LogP contribution in [0.3, 0.4) is 0 Å². The van der Waals surface area contributed by atoms with E-state index in [0.29, 0.717) is 11.3 Å². The van der Waals surface area contributed by atoms with Crippen LogP contribution in [0.25, 0.3) is 10.4 Å². The van der Waals surface area contributed by atoms with E-state index in [4.69, 9.17) is 10.9 Å². The summed E-state index contributed by atoms with van der Waals surface area (Å²) < 4.78 is 4.60. The summed E-state index contributed by atoms with van der Waals surface area (Å²) in [5.74, 6) is -0.344. The van der Waals surface area contributed by atoms with Crippen molar-refractivity contribution in [1.82, 2.24) is 5.32 Å². The van der Waals surface area contributed by atoms with Crippen molar-refractivity contribution < 1.29 is 9.53 Å². The Bertz CT molecular complexity index is 468. The van der Waals surface area contributed by atoms with Gasteiger partial charge in [-0.1, -0.05) is 17.2 Å². The number of carbonyl (C=O) groups is 1. The number of hydrogen-bond acceptors (Lipinski definition) is 4. The van der Waals surface area contributed by atoms with Gasteiger partial charge in [-0.3, -0.25) is 10.2 Å². The molecule has 0 aliphatic rings. The summed E-state index contributed by atoms with van der Waals surface area (Å²) in [4.78, 5) is 14.2. The lowest BCUT2D eigenvalue weighted by molar-refractivity contribution is 0.0957. The Morgan fingerprint density at radius 3 is 2.61 bits per heavy atom. The van der Waals surface area contributed by atoms with E-state index in [9.17, 15) is 4.79 Å². The number of carbonyl (C=O) groups excluding carboxylic acids is 1. The molecule has 0 saturated heterocycles. The Labute approximate surface area is 110 Å². The van der Waals surface area contributed by atoms with Gasteiger partial charge in [-0.25, -0.2) is 0 Å². The molecule has 0 spiro atoms. The summed E-state index contributed by atoms with van der Waals surface area (Å²) in [7, 11) is 1.36. The van der Waals surface area contributed by atoms with Crippen LogP contribution in [-0.4, -0.2) is 25.5 Å². The number of rotatable bonds is 4. The van der Waals surface area contributed by atoms with Gasteiger partial charge in [-0.05, 0) is 17.7 Å². The quantitative estimate of drug-likeness (QED) is 0.287. The van der Waals surface area contributed by atoms with E-state index in [1.807, 2.05) is 0 Å². The molecule has 0 aliphatic carbocycles. The zero-order valence-corrected chi connectivity index (χ0v) is 10.4. The zero-order valence-electron chi connectivity index (χ0n) is 9.58. The molecule has 1 aromatic carbocycles. The molecule has 0 bridgehead atoms. The summed E-state index contributed by atoms with van der Waals surface area (Å²) in [6.07, 6.45) is 0. The molecule has 96 valence electrons. The maximum absolute atomic E-state index is 11.6. The third-order valence-corrected chi connectivity index (χ3v) is 1.95. The molecule has 1 aromatic rings. The number of methoxy groups -OCH3 is 1.